The van der Waals surface area contributed by atoms with Crippen molar-refractivity contribution in [3.63, 3.8) is 0 Å². The van der Waals surface area contributed by atoms with Crippen LogP contribution in [-0.4, -0.2) is 12.1 Å². The molecule has 0 radical (unpaired) electrons. The minimum Gasteiger partial charge on any atom is -0.497 e. The van der Waals surface area contributed by atoms with Gasteiger partial charge in [0.2, 0.25) is 0 Å². The van der Waals surface area contributed by atoms with Gasteiger partial charge in [0.15, 0.2) is 5.82 Å². The van der Waals surface area contributed by atoms with Crippen LogP contribution in [0.4, 0.5) is 10.1 Å². The normalized spacial score (nSPS) is 10.3. The van der Waals surface area contributed by atoms with E-state index in [0.29, 0.717) is 12.2 Å². The van der Waals surface area contributed by atoms with Gasteiger partial charge >= 0.3 is 0 Å². The van der Waals surface area contributed by atoms with Gasteiger partial charge < -0.3 is 10.1 Å². The number of halogens is 2. The highest BCUT2D eigenvalue weighted by Crippen LogP contribution is 2.23. The van der Waals surface area contributed by atoms with Gasteiger partial charge in [0.05, 0.1) is 12.8 Å². The van der Waals surface area contributed by atoms with Gasteiger partial charge in [-0.2, -0.15) is 0 Å². The quantitative estimate of drug-likeness (QED) is 0.866. The summed E-state index contributed by atoms with van der Waals surface area (Å²) < 4.78 is 19.1. The molecule has 0 aliphatic rings. The summed E-state index contributed by atoms with van der Waals surface area (Å²) in [6.45, 7) is 2.36. The number of hydrogen-bond donors (Lipinski definition) is 1. The van der Waals surface area contributed by atoms with Crippen LogP contribution in [0.5, 0.6) is 5.75 Å². The maximum Gasteiger partial charge on any atom is 0.179 e. The molecule has 0 unspecified atom stereocenters. The highest BCUT2D eigenvalue weighted by atomic mass is 79.9. The average molecular weight is 325 g/mol. The summed E-state index contributed by atoms with van der Waals surface area (Å²) in [7, 11) is 1.62. The molecule has 2 rings (SSSR count). The van der Waals surface area contributed by atoms with E-state index in [0.717, 1.165) is 17.0 Å². The molecule has 100 valence electrons. The highest BCUT2D eigenvalue weighted by Gasteiger charge is 2.08. The largest absolute Gasteiger partial charge is 0.497 e. The van der Waals surface area contributed by atoms with Gasteiger partial charge in [-0.25, -0.2) is 9.37 Å². The summed E-state index contributed by atoms with van der Waals surface area (Å²) in [4.78, 5) is 4.00. The van der Waals surface area contributed by atoms with Gasteiger partial charge in [0.25, 0.3) is 0 Å². The molecule has 0 aliphatic heterocycles. The lowest BCUT2D eigenvalue weighted by atomic mass is 10.2. The van der Waals surface area contributed by atoms with E-state index in [9.17, 15) is 4.39 Å². The number of hydrogen-bond acceptors (Lipinski definition) is 3. The van der Waals surface area contributed by atoms with E-state index in [2.05, 4.69) is 26.2 Å². The van der Waals surface area contributed by atoms with E-state index in [-0.39, 0.29) is 10.4 Å². The summed E-state index contributed by atoms with van der Waals surface area (Å²) in [6.07, 6.45) is 0. The number of nitrogens with one attached hydrogen (secondary N) is 1. The molecule has 0 bridgehead atoms. The molecule has 19 heavy (non-hydrogen) atoms. The van der Waals surface area contributed by atoms with E-state index >= 15 is 0 Å². The fourth-order valence-corrected chi connectivity index (χ4v) is 2.18. The standard InChI is InChI=1S/C14H14BrFN2O/c1-9-7-12(13(16)14(15)18-9)17-8-10-3-5-11(19-2)6-4-10/h3-7H,8H2,1-2H3,(H,17,18). The Morgan fingerprint density at radius 2 is 2.00 bits per heavy atom. The molecule has 1 N–H and O–H groups in total. The molecule has 0 saturated carbocycles. The number of methoxy groups -OCH3 is 1. The molecule has 1 aromatic heterocycles. The maximum absolute atomic E-state index is 13.8. The number of ether oxygens (including phenoxy) is 1. The zero-order valence-corrected chi connectivity index (χ0v) is 12.3. The third-order valence-corrected chi connectivity index (χ3v) is 3.21. The third-order valence-electron chi connectivity index (χ3n) is 2.69. The fraction of sp³-hybridized carbons (Fsp3) is 0.214. The lowest BCUT2D eigenvalue weighted by Crippen LogP contribution is -2.03. The molecule has 1 heterocycles. The van der Waals surface area contributed by atoms with Crippen LogP contribution in [-0.2, 0) is 6.54 Å². The zero-order valence-electron chi connectivity index (χ0n) is 10.7. The van der Waals surface area contributed by atoms with Crippen molar-refractivity contribution in [2.75, 3.05) is 12.4 Å². The van der Waals surface area contributed by atoms with Crippen LogP contribution in [0, 0.1) is 12.7 Å². The minimum atomic E-state index is -0.376. The van der Waals surface area contributed by atoms with Crippen molar-refractivity contribution in [2.24, 2.45) is 0 Å². The summed E-state index contributed by atoms with van der Waals surface area (Å²) in [5, 5.41) is 3.06. The number of nitrogens with zero attached hydrogens (tertiary/aromatic N) is 1. The Bertz CT molecular complexity index is 572. The molecule has 1 aromatic carbocycles. The molecule has 5 heteroatoms. The van der Waals surface area contributed by atoms with Gasteiger partial charge in [-0.05, 0) is 46.6 Å². The van der Waals surface area contributed by atoms with Gasteiger partial charge in [0.1, 0.15) is 10.4 Å². The highest BCUT2D eigenvalue weighted by molar-refractivity contribution is 9.10. The third kappa shape index (κ3) is 3.44. The Kier molecular flexibility index (Phi) is 4.37. The first-order chi connectivity index (χ1) is 9.10. The van der Waals surface area contributed by atoms with E-state index in [4.69, 9.17) is 4.74 Å². The molecule has 0 spiro atoms. The fourth-order valence-electron chi connectivity index (χ4n) is 1.69. The maximum atomic E-state index is 13.8. The first kappa shape index (κ1) is 13.8. The summed E-state index contributed by atoms with van der Waals surface area (Å²) in [5.41, 5.74) is 2.24. The van der Waals surface area contributed by atoms with Crippen LogP contribution < -0.4 is 10.1 Å². The van der Waals surface area contributed by atoms with Crippen molar-refractivity contribution in [2.45, 2.75) is 13.5 Å². The van der Waals surface area contributed by atoms with Gasteiger partial charge in [-0.3, -0.25) is 0 Å². The van der Waals surface area contributed by atoms with Crippen molar-refractivity contribution in [3.8, 4) is 5.75 Å². The van der Waals surface area contributed by atoms with Crippen LogP contribution in [0.15, 0.2) is 34.9 Å². The summed E-state index contributed by atoms with van der Waals surface area (Å²) in [6, 6.07) is 9.31. The van der Waals surface area contributed by atoms with Crippen LogP contribution >= 0.6 is 15.9 Å². The van der Waals surface area contributed by atoms with Crippen molar-refractivity contribution in [1.82, 2.24) is 4.98 Å². The Hall–Kier alpha value is -1.62. The molecular formula is C14H14BrFN2O. The second-order valence-corrected chi connectivity index (χ2v) is 4.87. The molecule has 2 aromatic rings. The Labute approximate surface area is 119 Å². The molecular weight excluding hydrogens is 311 g/mol. The van der Waals surface area contributed by atoms with Crippen molar-refractivity contribution >= 4 is 21.6 Å². The number of aryl methyl sites for hydroxylation is 1. The Balaban J connectivity index is 2.09. The van der Waals surface area contributed by atoms with Crippen molar-refractivity contribution < 1.29 is 9.13 Å². The van der Waals surface area contributed by atoms with Crippen molar-refractivity contribution in [3.05, 3.63) is 52.0 Å². The van der Waals surface area contributed by atoms with E-state index in [1.165, 1.54) is 0 Å². The monoisotopic (exact) mass is 324 g/mol. The average Bonchev–Trinajstić information content (AvgIpc) is 2.41. The SMILES string of the molecule is COc1ccc(CNc2cc(C)nc(Br)c2F)cc1. The topological polar surface area (TPSA) is 34.1 Å². The number of rotatable bonds is 4. The van der Waals surface area contributed by atoms with Gasteiger partial charge in [-0.1, -0.05) is 12.1 Å². The number of anilines is 1. The first-order valence-corrected chi connectivity index (χ1v) is 6.59. The van der Waals surface area contributed by atoms with Gasteiger partial charge in [0, 0.05) is 12.2 Å². The van der Waals surface area contributed by atoms with Crippen molar-refractivity contribution in [1.29, 1.82) is 0 Å². The van der Waals surface area contributed by atoms with Crippen LogP contribution in [0.25, 0.3) is 0 Å². The minimum absolute atomic E-state index is 0.227. The van der Waals surface area contributed by atoms with E-state index in [1.807, 2.05) is 31.2 Å². The van der Waals surface area contributed by atoms with E-state index < -0.39 is 0 Å². The van der Waals surface area contributed by atoms with E-state index in [1.54, 1.807) is 13.2 Å². The lowest BCUT2D eigenvalue weighted by Gasteiger charge is -2.10. The summed E-state index contributed by atoms with van der Waals surface area (Å²) in [5.74, 6) is 0.427. The van der Waals surface area contributed by atoms with Gasteiger partial charge in [-0.15, -0.1) is 0 Å². The predicted octanol–water partition coefficient (Wildman–Crippen LogP) is 3.91. The lowest BCUT2D eigenvalue weighted by molar-refractivity contribution is 0.414. The molecule has 3 nitrogen and oxygen atoms in total. The summed E-state index contributed by atoms with van der Waals surface area (Å²) >= 11 is 3.10. The molecule has 0 fully saturated rings. The number of pyridine rings is 1. The zero-order chi connectivity index (χ0) is 13.8. The van der Waals surface area contributed by atoms with Crippen LogP contribution in [0.2, 0.25) is 0 Å². The second-order valence-electron chi connectivity index (χ2n) is 4.12. The van der Waals surface area contributed by atoms with Crippen LogP contribution in [0.1, 0.15) is 11.3 Å². The Morgan fingerprint density at radius 1 is 1.32 bits per heavy atom. The molecule has 0 atom stereocenters. The second kappa shape index (κ2) is 6.02. The first-order valence-electron chi connectivity index (χ1n) is 5.79. The molecule has 0 saturated heterocycles. The predicted molar refractivity (Wildman–Crippen MR) is 77.0 cm³/mol. The number of benzene rings is 1. The number of aromatic nitrogens is 1. The Morgan fingerprint density at radius 3 is 2.63 bits per heavy atom. The smallest absolute Gasteiger partial charge is 0.179 e. The molecule has 0 aliphatic carbocycles. The molecule has 0 amide bonds. The van der Waals surface area contributed by atoms with Crippen LogP contribution in [0.3, 0.4) is 0 Å².